The van der Waals surface area contributed by atoms with Gasteiger partial charge in [0.2, 0.25) is 5.91 Å². The first-order valence-electron chi connectivity index (χ1n) is 8.55. The maximum absolute atomic E-state index is 12.5. The third-order valence-corrected chi connectivity index (χ3v) is 4.68. The zero-order valence-corrected chi connectivity index (χ0v) is 15.1. The topological polar surface area (TPSA) is 73.7 Å². The number of hydrogen-bond donors (Lipinski definition) is 0. The highest BCUT2D eigenvalue weighted by Gasteiger charge is 2.41. The van der Waals surface area contributed by atoms with Crippen LogP contribution in [-0.4, -0.2) is 52.8 Å². The predicted octanol–water partition coefficient (Wildman–Crippen LogP) is 1.25. The molecule has 0 radical (unpaired) electrons. The van der Waals surface area contributed by atoms with Gasteiger partial charge in [0, 0.05) is 26.0 Å². The summed E-state index contributed by atoms with van der Waals surface area (Å²) in [4.78, 5) is 29.6. The third kappa shape index (κ3) is 4.11. The second-order valence-corrected chi connectivity index (χ2v) is 6.59. The van der Waals surface area contributed by atoms with Crippen LogP contribution >= 0.6 is 0 Å². The van der Waals surface area contributed by atoms with Crippen molar-refractivity contribution < 1.29 is 14.3 Å². The van der Waals surface area contributed by atoms with Gasteiger partial charge in [-0.25, -0.2) is 9.78 Å². The monoisotopic (exact) mass is 357 g/mol. The lowest BCUT2D eigenvalue weighted by Gasteiger charge is -2.28. The lowest BCUT2D eigenvalue weighted by Crippen LogP contribution is -2.43. The van der Waals surface area contributed by atoms with Gasteiger partial charge in [0.15, 0.2) is 0 Å². The fourth-order valence-electron chi connectivity index (χ4n) is 3.07. The molecule has 0 unspecified atom stereocenters. The molecule has 1 aromatic carbocycles. The van der Waals surface area contributed by atoms with E-state index in [1.54, 1.807) is 24.3 Å². The standard InChI is InChI=1S/C19H23N3O4/c1-15-5-3-6-16(11-15)26-14-19(25-2)7-10-22(13-19)17(23)12-21-9-4-8-20-18(21)24/h3-6,8-9,11H,7,10,12-14H2,1-2H3/t19-/m0/s1. The summed E-state index contributed by atoms with van der Waals surface area (Å²) in [5.74, 6) is 0.655. The summed E-state index contributed by atoms with van der Waals surface area (Å²) in [5.41, 5.74) is 0.152. The van der Waals surface area contributed by atoms with Crippen LogP contribution in [0, 0.1) is 6.92 Å². The number of hydrogen-bond acceptors (Lipinski definition) is 5. The first kappa shape index (κ1) is 18.1. The average Bonchev–Trinajstić information content (AvgIpc) is 3.07. The van der Waals surface area contributed by atoms with E-state index in [0.29, 0.717) is 26.1 Å². The Morgan fingerprint density at radius 3 is 2.92 bits per heavy atom. The van der Waals surface area contributed by atoms with Gasteiger partial charge in [-0.1, -0.05) is 12.1 Å². The Bertz CT molecular complexity index is 835. The SMILES string of the molecule is CO[C@@]1(COc2cccc(C)c2)CCN(C(=O)Cn2cccnc2=O)C1. The molecule has 138 valence electrons. The molecule has 7 heteroatoms. The van der Waals surface area contributed by atoms with Gasteiger partial charge in [-0.15, -0.1) is 0 Å². The minimum Gasteiger partial charge on any atom is -0.491 e. The number of carbonyl (C=O) groups is 1. The molecule has 2 aromatic rings. The molecule has 0 spiro atoms. The van der Waals surface area contributed by atoms with Crippen molar-refractivity contribution in [3.63, 3.8) is 0 Å². The molecule has 0 saturated carbocycles. The number of rotatable bonds is 6. The van der Waals surface area contributed by atoms with E-state index >= 15 is 0 Å². The van der Waals surface area contributed by atoms with E-state index in [4.69, 9.17) is 9.47 Å². The van der Waals surface area contributed by atoms with E-state index in [9.17, 15) is 9.59 Å². The van der Waals surface area contributed by atoms with Gasteiger partial charge in [0.05, 0.1) is 6.54 Å². The number of ether oxygens (including phenoxy) is 2. The number of aryl methyl sites for hydroxylation is 1. The zero-order valence-electron chi connectivity index (χ0n) is 15.1. The van der Waals surface area contributed by atoms with Crippen molar-refractivity contribution in [2.75, 3.05) is 26.8 Å². The molecular formula is C19H23N3O4. The number of benzene rings is 1. The van der Waals surface area contributed by atoms with Crippen LogP contribution in [0.2, 0.25) is 0 Å². The highest BCUT2D eigenvalue weighted by Crippen LogP contribution is 2.26. The minimum atomic E-state index is -0.542. The van der Waals surface area contributed by atoms with Crippen molar-refractivity contribution in [3.8, 4) is 5.75 Å². The Balaban J connectivity index is 1.62. The predicted molar refractivity (Wildman–Crippen MR) is 96.1 cm³/mol. The molecule has 1 amide bonds. The summed E-state index contributed by atoms with van der Waals surface area (Å²) < 4.78 is 12.9. The minimum absolute atomic E-state index is 0.0226. The van der Waals surface area contributed by atoms with E-state index in [-0.39, 0.29) is 12.5 Å². The quantitative estimate of drug-likeness (QED) is 0.778. The van der Waals surface area contributed by atoms with Crippen LogP contribution in [0.3, 0.4) is 0 Å². The molecule has 1 fully saturated rings. The van der Waals surface area contributed by atoms with Crippen molar-refractivity contribution in [2.24, 2.45) is 0 Å². The van der Waals surface area contributed by atoms with Gasteiger partial charge in [-0.05, 0) is 37.1 Å². The molecule has 3 rings (SSSR count). The van der Waals surface area contributed by atoms with E-state index in [1.807, 2.05) is 31.2 Å². The summed E-state index contributed by atoms with van der Waals surface area (Å²) in [6.07, 6.45) is 3.66. The summed E-state index contributed by atoms with van der Waals surface area (Å²) in [6.45, 7) is 3.35. The van der Waals surface area contributed by atoms with Crippen molar-refractivity contribution in [2.45, 2.75) is 25.5 Å². The smallest absolute Gasteiger partial charge is 0.347 e. The highest BCUT2D eigenvalue weighted by molar-refractivity contribution is 5.76. The van der Waals surface area contributed by atoms with E-state index in [2.05, 4.69) is 4.98 Å². The molecular weight excluding hydrogens is 334 g/mol. The summed E-state index contributed by atoms with van der Waals surface area (Å²) >= 11 is 0. The fraction of sp³-hybridized carbons (Fsp3) is 0.421. The van der Waals surface area contributed by atoms with Crippen molar-refractivity contribution in [1.82, 2.24) is 14.5 Å². The summed E-state index contributed by atoms with van der Waals surface area (Å²) in [6, 6.07) is 9.46. The van der Waals surface area contributed by atoms with Crippen LogP contribution in [0.15, 0.2) is 47.5 Å². The van der Waals surface area contributed by atoms with Crippen LogP contribution in [0.5, 0.6) is 5.75 Å². The maximum Gasteiger partial charge on any atom is 0.347 e. The van der Waals surface area contributed by atoms with Gasteiger partial charge < -0.3 is 14.4 Å². The Labute approximate surface area is 152 Å². The molecule has 1 aromatic heterocycles. The molecule has 1 aliphatic rings. The number of likely N-dealkylation sites (tertiary alicyclic amines) is 1. The van der Waals surface area contributed by atoms with Gasteiger partial charge >= 0.3 is 5.69 Å². The summed E-state index contributed by atoms with van der Waals surface area (Å²) in [5, 5.41) is 0. The number of amides is 1. The van der Waals surface area contributed by atoms with Crippen LogP contribution < -0.4 is 10.4 Å². The first-order valence-corrected chi connectivity index (χ1v) is 8.55. The molecule has 1 saturated heterocycles. The highest BCUT2D eigenvalue weighted by atomic mass is 16.5. The van der Waals surface area contributed by atoms with Crippen molar-refractivity contribution in [1.29, 1.82) is 0 Å². The van der Waals surface area contributed by atoms with Crippen LogP contribution in [0.4, 0.5) is 0 Å². The zero-order chi connectivity index (χ0) is 18.6. The van der Waals surface area contributed by atoms with E-state index in [1.165, 1.54) is 10.8 Å². The molecule has 0 bridgehead atoms. The number of methoxy groups -OCH3 is 1. The van der Waals surface area contributed by atoms with Crippen molar-refractivity contribution in [3.05, 3.63) is 58.8 Å². The van der Waals surface area contributed by atoms with Gasteiger partial charge in [0.25, 0.3) is 0 Å². The second kappa shape index (κ2) is 7.70. The third-order valence-electron chi connectivity index (χ3n) is 4.68. The summed E-state index contributed by atoms with van der Waals surface area (Å²) in [7, 11) is 1.64. The lowest BCUT2D eigenvalue weighted by molar-refractivity contribution is -0.132. The average molecular weight is 357 g/mol. The van der Waals surface area contributed by atoms with Crippen LogP contribution in [-0.2, 0) is 16.1 Å². The normalized spacial score (nSPS) is 19.5. The Hall–Kier alpha value is -2.67. The van der Waals surface area contributed by atoms with E-state index in [0.717, 1.165) is 11.3 Å². The molecule has 0 aliphatic carbocycles. The van der Waals surface area contributed by atoms with Gasteiger partial charge in [0.1, 0.15) is 24.5 Å². The first-order chi connectivity index (χ1) is 12.5. The Morgan fingerprint density at radius 2 is 2.19 bits per heavy atom. The maximum atomic E-state index is 12.5. The largest absolute Gasteiger partial charge is 0.491 e. The number of carbonyl (C=O) groups excluding carboxylic acids is 1. The van der Waals surface area contributed by atoms with Crippen LogP contribution in [0.25, 0.3) is 0 Å². The molecule has 1 aliphatic heterocycles. The van der Waals surface area contributed by atoms with Gasteiger partial charge in [-0.3, -0.25) is 9.36 Å². The van der Waals surface area contributed by atoms with E-state index < -0.39 is 11.3 Å². The number of aromatic nitrogens is 2. The second-order valence-electron chi connectivity index (χ2n) is 6.59. The Kier molecular flexibility index (Phi) is 5.37. The molecule has 0 N–H and O–H groups in total. The molecule has 1 atom stereocenters. The lowest BCUT2D eigenvalue weighted by atomic mass is 10.0. The van der Waals surface area contributed by atoms with Gasteiger partial charge in [-0.2, -0.15) is 0 Å². The number of nitrogens with zero attached hydrogens (tertiary/aromatic N) is 3. The fourth-order valence-corrected chi connectivity index (χ4v) is 3.07. The van der Waals surface area contributed by atoms with Crippen LogP contribution in [0.1, 0.15) is 12.0 Å². The molecule has 2 heterocycles. The molecule has 7 nitrogen and oxygen atoms in total. The molecule has 26 heavy (non-hydrogen) atoms. The van der Waals surface area contributed by atoms with Crippen molar-refractivity contribution >= 4 is 5.91 Å². The Morgan fingerprint density at radius 1 is 1.35 bits per heavy atom.